The van der Waals surface area contributed by atoms with Gasteiger partial charge in [0.1, 0.15) is 11.4 Å². The number of H-pyrrole nitrogens is 1. The topological polar surface area (TPSA) is 109 Å². The van der Waals surface area contributed by atoms with Crippen molar-refractivity contribution in [2.45, 2.75) is 0 Å². The van der Waals surface area contributed by atoms with Crippen molar-refractivity contribution in [3.63, 3.8) is 0 Å². The summed E-state index contributed by atoms with van der Waals surface area (Å²) in [6.07, 6.45) is 1.28. The van der Waals surface area contributed by atoms with Gasteiger partial charge >= 0.3 is 0 Å². The lowest BCUT2D eigenvalue weighted by atomic mass is 10.2. The number of carbonyl (C=O) groups is 1. The molecule has 0 aliphatic rings. The molecule has 0 bridgehead atoms. The van der Waals surface area contributed by atoms with E-state index in [1.54, 1.807) is 12.1 Å². The molecular weight excluding hydrogens is 363 g/mol. The van der Waals surface area contributed by atoms with Crippen LogP contribution in [-0.2, 0) is 0 Å². The zero-order chi connectivity index (χ0) is 18.3. The summed E-state index contributed by atoms with van der Waals surface area (Å²) >= 11 is 5.75. The average Bonchev–Trinajstić information content (AvgIpc) is 3.25. The maximum atomic E-state index is 14.1. The molecule has 3 N–H and O–H groups in total. The molecule has 0 atom stereocenters. The third-order valence-corrected chi connectivity index (χ3v) is 3.97. The predicted octanol–water partition coefficient (Wildman–Crippen LogP) is 2.89. The zero-order valence-corrected chi connectivity index (χ0v) is 13.7. The summed E-state index contributed by atoms with van der Waals surface area (Å²) in [7, 11) is 0. The van der Waals surface area contributed by atoms with E-state index in [4.69, 9.17) is 11.6 Å². The van der Waals surface area contributed by atoms with E-state index in [-0.39, 0.29) is 28.0 Å². The molecule has 26 heavy (non-hydrogen) atoms. The minimum absolute atomic E-state index is 0.0284. The number of aromatic hydroxyl groups is 1. The van der Waals surface area contributed by atoms with Gasteiger partial charge in [0.25, 0.3) is 5.91 Å². The van der Waals surface area contributed by atoms with Crippen LogP contribution in [0.3, 0.4) is 0 Å². The highest BCUT2D eigenvalue weighted by atomic mass is 35.5. The number of amides is 1. The molecule has 0 saturated heterocycles. The molecule has 8 nitrogen and oxygen atoms in total. The first-order valence-corrected chi connectivity index (χ1v) is 7.76. The maximum Gasteiger partial charge on any atom is 0.279 e. The number of aromatic nitrogens is 5. The number of nitrogens with one attached hydrogen (secondary N) is 2. The Kier molecular flexibility index (Phi) is 3.77. The van der Waals surface area contributed by atoms with Gasteiger partial charge in [0.2, 0.25) is 0 Å². The second kappa shape index (κ2) is 6.12. The molecule has 4 aromatic rings. The van der Waals surface area contributed by atoms with Gasteiger partial charge in [-0.2, -0.15) is 5.10 Å². The number of halogens is 2. The average molecular weight is 373 g/mol. The van der Waals surface area contributed by atoms with Crippen molar-refractivity contribution in [1.29, 1.82) is 0 Å². The van der Waals surface area contributed by atoms with Gasteiger partial charge in [-0.1, -0.05) is 22.9 Å². The van der Waals surface area contributed by atoms with Crippen LogP contribution in [0.2, 0.25) is 5.02 Å². The summed E-state index contributed by atoms with van der Waals surface area (Å²) in [5.74, 6) is -0.886. The van der Waals surface area contributed by atoms with Crippen LogP contribution in [0.4, 0.5) is 10.2 Å². The van der Waals surface area contributed by atoms with Crippen LogP contribution in [0, 0.1) is 5.82 Å². The molecule has 0 fully saturated rings. The van der Waals surface area contributed by atoms with Crippen molar-refractivity contribution in [2.75, 3.05) is 5.32 Å². The molecular formula is C16H10ClFN6O2. The van der Waals surface area contributed by atoms with Crippen LogP contribution in [0.5, 0.6) is 5.75 Å². The summed E-state index contributed by atoms with van der Waals surface area (Å²) in [6.45, 7) is 0. The van der Waals surface area contributed by atoms with E-state index >= 15 is 0 Å². The van der Waals surface area contributed by atoms with Crippen molar-refractivity contribution in [3.05, 3.63) is 59.1 Å². The second-order valence-corrected chi connectivity index (χ2v) is 5.78. The molecule has 1 amide bonds. The third-order valence-electron chi connectivity index (χ3n) is 3.68. The van der Waals surface area contributed by atoms with Gasteiger partial charge in [-0.3, -0.25) is 9.89 Å². The molecule has 0 saturated carbocycles. The van der Waals surface area contributed by atoms with E-state index in [0.29, 0.717) is 10.9 Å². The maximum absolute atomic E-state index is 14.1. The summed E-state index contributed by atoms with van der Waals surface area (Å²) in [4.78, 5) is 12.4. The van der Waals surface area contributed by atoms with Crippen molar-refractivity contribution in [2.24, 2.45) is 0 Å². The quantitative estimate of drug-likeness (QED) is 0.512. The van der Waals surface area contributed by atoms with Gasteiger partial charge in [-0.05, 0) is 24.3 Å². The summed E-state index contributed by atoms with van der Waals surface area (Å²) in [5.41, 5.74) is 0.606. The number of nitrogens with zero attached hydrogens (tertiary/aromatic N) is 4. The van der Waals surface area contributed by atoms with Gasteiger partial charge in [0.05, 0.1) is 16.7 Å². The lowest BCUT2D eigenvalue weighted by Gasteiger charge is -2.02. The molecule has 2 heterocycles. The first kappa shape index (κ1) is 16.0. The Morgan fingerprint density at radius 1 is 1.31 bits per heavy atom. The number of hydrogen-bond acceptors (Lipinski definition) is 5. The normalized spacial score (nSPS) is 11.0. The van der Waals surface area contributed by atoms with Gasteiger partial charge in [-0.25, -0.2) is 9.07 Å². The van der Waals surface area contributed by atoms with Gasteiger partial charge in [0, 0.05) is 11.5 Å². The molecule has 0 unspecified atom stereocenters. The van der Waals surface area contributed by atoms with Crippen LogP contribution in [0.1, 0.15) is 10.5 Å². The van der Waals surface area contributed by atoms with Gasteiger partial charge < -0.3 is 10.4 Å². The highest BCUT2D eigenvalue weighted by Gasteiger charge is 2.17. The van der Waals surface area contributed by atoms with E-state index in [2.05, 4.69) is 25.8 Å². The van der Waals surface area contributed by atoms with Crippen LogP contribution in [-0.4, -0.2) is 36.2 Å². The molecule has 0 aliphatic heterocycles. The van der Waals surface area contributed by atoms with E-state index in [1.807, 2.05) is 0 Å². The summed E-state index contributed by atoms with van der Waals surface area (Å²) in [6, 6.07) is 9.01. The Hall–Kier alpha value is -3.46. The predicted molar refractivity (Wildman–Crippen MR) is 92.0 cm³/mol. The highest BCUT2D eigenvalue weighted by Crippen LogP contribution is 2.24. The first-order valence-electron chi connectivity index (χ1n) is 7.38. The monoisotopic (exact) mass is 372 g/mol. The van der Waals surface area contributed by atoms with Crippen LogP contribution >= 0.6 is 11.6 Å². The number of rotatable bonds is 3. The molecule has 0 aliphatic carbocycles. The van der Waals surface area contributed by atoms with Crippen molar-refractivity contribution in [1.82, 2.24) is 25.2 Å². The van der Waals surface area contributed by atoms with E-state index in [0.717, 1.165) is 4.68 Å². The van der Waals surface area contributed by atoms with E-state index < -0.39 is 11.7 Å². The standard InChI is InChI=1S/C16H10ClFN6O2/c17-10-2-1-3-13(14(10)18)24-7-12(21-23-24)16(26)19-15-9-5-4-8(25)6-11(9)20-22-15/h1-7,25H,(H2,19,20,22,26). The number of anilines is 1. The Morgan fingerprint density at radius 3 is 3.00 bits per heavy atom. The largest absolute Gasteiger partial charge is 0.508 e. The molecule has 0 radical (unpaired) electrons. The number of phenolic OH excluding ortho intramolecular Hbond substituents is 1. The zero-order valence-electron chi connectivity index (χ0n) is 12.9. The van der Waals surface area contributed by atoms with Crippen LogP contribution in [0.15, 0.2) is 42.6 Å². The molecule has 130 valence electrons. The van der Waals surface area contributed by atoms with E-state index in [1.165, 1.54) is 30.5 Å². The van der Waals surface area contributed by atoms with Gasteiger partial charge in [-0.15, -0.1) is 5.10 Å². The Balaban J connectivity index is 1.61. The fourth-order valence-electron chi connectivity index (χ4n) is 2.43. The number of benzene rings is 2. The highest BCUT2D eigenvalue weighted by molar-refractivity contribution is 6.30. The molecule has 10 heteroatoms. The number of hydrogen-bond donors (Lipinski definition) is 3. The summed E-state index contributed by atoms with van der Waals surface area (Å²) < 4.78 is 15.2. The minimum atomic E-state index is -0.663. The number of phenols is 1. The van der Waals surface area contributed by atoms with Crippen molar-refractivity contribution >= 4 is 34.2 Å². The Labute approximate surface area is 150 Å². The van der Waals surface area contributed by atoms with Gasteiger partial charge in [0.15, 0.2) is 17.3 Å². The number of aromatic amines is 1. The fraction of sp³-hybridized carbons (Fsp3) is 0. The van der Waals surface area contributed by atoms with Crippen molar-refractivity contribution in [3.8, 4) is 11.4 Å². The fourth-order valence-corrected chi connectivity index (χ4v) is 2.60. The minimum Gasteiger partial charge on any atom is -0.508 e. The third kappa shape index (κ3) is 2.74. The molecule has 2 aromatic heterocycles. The Morgan fingerprint density at radius 2 is 2.15 bits per heavy atom. The second-order valence-electron chi connectivity index (χ2n) is 5.38. The SMILES string of the molecule is O=C(Nc1n[nH]c2cc(O)ccc12)c1cn(-c2cccc(Cl)c2F)nn1. The first-order chi connectivity index (χ1) is 12.5. The van der Waals surface area contributed by atoms with Crippen LogP contribution in [0.25, 0.3) is 16.6 Å². The van der Waals surface area contributed by atoms with Crippen molar-refractivity contribution < 1.29 is 14.3 Å². The Bertz CT molecular complexity index is 1140. The molecule has 2 aromatic carbocycles. The van der Waals surface area contributed by atoms with E-state index in [9.17, 15) is 14.3 Å². The lowest BCUT2D eigenvalue weighted by Crippen LogP contribution is -2.13. The molecule has 0 spiro atoms. The van der Waals surface area contributed by atoms with Crippen LogP contribution < -0.4 is 5.32 Å². The number of carbonyl (C=O) groups excluding carboxylic acids is 1. The smallest absolute Gasteiger partial charge is 0.279 e. The lowest BCUT2D eigenvalue weighted by molar-refractivity contribution is 0.102. The molecule has 4 rings (SSSR count). The summed E-state index contributed by atoms with van der Waals surface area (Å²) in [5, 5.41) is 26.8. The number of fused-ring (bicyclic) bond motifs is 1.